The van der Waals surface area contributed by atoms with Crippen LogP contribution in [0.2, 0.25) is 0 Å². The number of hydrogen-bond acceptors (Lipinski definition) is 4. The van der Waals surface area contributed by atoms with Gasteiger partial charge in [0, 0.05) is 0 Å². The lowest BCUT2D eigenvalue weighted by molar-refractivity contribution is -0.152. The van der Waals surface area contributed by atoms with E-state index in [2.05, 4.69) is 4.67 Å². The largest absolute Gasteiger partial charge is 0.481 e. The van der Waals surface area contributed by atoms with Crippen LogP contribution in [0.5, 0.6) is 0 Å². The summed E-state index contributed by atoms with van der Waals surface area (Å²) in [4.78, 5) is 18.4. The molecule has 0 aromatic rings. The number of carbonyl (C=O) groups is 1. The average molecular weight is 170 g/mol. The van der Waals surface area contributed by atoms with Gasteiger partial charge in [-0.3, -0.25) is 9.36 Å². The molecule has 6 nitrogen and oxygen atoms in total. The van der Waals surface area contributed by atoms with Crippen molar-refractivity contribution in [3.05, 3.63) is 0 Å². The van der Waals surface area contributed by atoms with Crippen LogP contribution < -0.4 is 0 Å². The Labute approximate surface area is 56.5 Å². The highest BCUT2D eigenvalue weighted by Gasteiger charge is 2.34. The second kappa shape index (κ2) is 3.12. The molecule has 3 N–H and O–H groups in total. The number of rotatable bonds is 3. The van der Waals surface area contributed by atoms with E-state index in [1.807, 2.05) is 0 Å². The first kappa shape index (κ1) is 9.58. The lowest BCUT2D eigenvalue weighted by atomic mass is 10.5. The van der Waals surface area contributed by atoms with Crippen LogP contribution in [0.3, 0.4) is 0 Å². The topological polar surface area (TPSA) is 104 Å². The summed E-state index contributed by atoms with van der Waals surface area (Å²) < 4.78 is 13.5. The Bertz CT molecular complexity index is 176. The molecule has 0 aliphatic rings. The summed E-state index contributed by atoms with van der Waals surface area (Å²) in [6.07, 6.45) is 0. The van der Waals surface area contributed by atoms with Gasteiger partial charge in [0.1, 0.15) is 0 Å². The van der Waals surface area contributed by atoms with Gasteiger partial charge in [-0.1, -0.05) is 0 Å². The van der Waals surface area contributed by atoms with E-state index < -0.39 is 19.2 Å². The summed E-state index contributed by atoms with van der Waals surface area (Å²) in [5.74, 6) is -1.50. The van der Waals surface area contributed by atoms with Gasteiger partial charge in [0.25, 0.3) is 0 Å². The third-order valence-electron chi connectivity index (χ3n) is 0.964. The number of carboxylic acids is 1. The molecule has 0 aliphatic heterocycles. The van der Waals surface area contributed by atoms with Crippen LogP contribution in [0.4, 0.5) is 0 Å². The lowest BCUT2D eigenvalue weighted by Crippen LogP contribution is -2.16. The summed E-state index contributed by atoms with van der Waals surface area (Å²) in [5.41, 5.74) is -1.61. The molecular formula is C3H7O6P. The van der Waals surface area contributed by atoms with E-state index in [-0.39, 0.29) is 0 Å². The molecule has 60 valence electrons. The third-order valence-corrected chi connectivity index (χ3v) is 2.40. The molecule has 0 radical (unpaired) electrons. The minimum absolute atomic E-state index is 0.958. The van der Waals surface area contributed by atoms with Crippen molar-refractivity contribution >= 4 is 13.6 Å². The van der Waals surface area contributed by atoms with Crippen LogP contribution in [-0.4, -0.2) is 26.9 Å². The van der Waals surface area contributed by atoms with Gasteiger partial charge in [0.05, 0.1) is 0 Å². The molecule has 2 atom stereocenters. The van der Waals surface area contributed by atoms with Crippen LogP contribution in [0.25, 0.3) is 0 Å². The van der Waals surface area contributed by atoms with Gasteiger partial charge in [-0.05, 0) is 6.92 Å². The standard InChI is InChI=1S/C3H7O6P/c1-2(3(4)5)10(7,8)9-6/h2,6H,1H3,(H,4,5)(H,7,8). The molecule has 0 fully saturated rings. The van der Waals surface area contributed by atoms with E-state index in [4.69, 9.17) is 15.3 Å². The summed E-state index contributed by atoms with van der Waals surface area (Å²) in [6.45, 7) is 0.958. The molecule has 0 rings (SSSR count). The maximum atomic E-state index is 10.4. The highest BCUT2D eigenvalue weighted by Crippen LogP contribution is 2.45. The SMILES string of the molecule is CC(C(=O)O)P(=O)(O)OO. The van der Waals surface area contributed by atoms with E-state index in [1.54, 1.807) is 0 Å². The highest BCUT2D eigenvalue weighted by atomic mass is 31.2. The Morgan fingerprint density at radius 2 is 2.10 bits per heavy atom. The van der Waals surface area contributed by atoms with Gasteiger partial charge in [-0.15, -0.1) is 0 Å². The summed E-state index contributed by atoms with van der Waals surface area (Å²) >= 11 is 0. The van der Waals surface area contributed by atoms with Crippen molar-refractivity contribution in [2.45, 2.75) is 12.6 Å². The molecule has 0 aromatic carbocycles. The fourth-order valence-corrected chi connectivity index (χ4v) is 0.631. The Hall–Kier alpha value is -0.420. The normalized spacial score (nSPS) is 19.5. The molecule has 0 bridgehead atoms. The quantitative estimate of drug-likeness (QED) is 0.316. The first-order valence-corrected chi connectivity index (χ1v) is 3.95. The fourth-order valence-electron chi connectivity index (χ4n) is 0.210. The number of aliphatic carboxylic acids is 1. The van der Waals surface area contributed by atoms with Crippen LogP contribution in [0, 0.1) is 0 Å². The third kappa shape index (κ3) is 2.07. The Morgan fingerprint density at radius 1 is 1.70 bits per heavy atom. The van der Waals surface area contributed by atoms with Gasteiger partial charge in [-0.25, -0.2) is 5.26 Å². The van der Waals surface area contributed by atoms with Gasteiger partial charge < -0.3 is 10.00 Å². The van der Waals surface area contributed by atoms with Gasteiger partial charge in [0.2, 0.25) is 0 Å². The second-order valence-electron chi connectivity index (χ2n) is 1.66. The number of hydrogen-bond donors (Lipinski definition) is 3. The van der Waals surface area contributed by atoms with Crippen molar-refractivity contribution in [1.82, 2.24) is 0 Å². The zero-order valence-electron chi connectivity index (χ0n) is 5.09. The summed E-state index contributed by atoms with van der Waals surface area (Å²) in [5, 5.41) is 15.9. The fraction of sp³-hybridized carbons (Fsp3) is 0.667. The molecule has 7 heteroatoms. The van der Waals surface area contributed by atoms with Crippen LogP contribution >= 0.6 is 7.60 Å². The predicted molar refractivity (Wildman–Crippen MR) is 30.6 cm³/mol. The van der Waals surface area contributed by atoms with E-state index in [0.717, 1.165) is 6.92 Å². The molecule has 10 heavy (non-hydrogen) atoms. The minimum atomic E-state index is -4.36. The van der Waals surface area contributed by atoms with Crippen LogP contribution in [0.1, 0.15) is 6.92 Å². The van der Waals surface area contributed by atoms with E-state index >= 15 is 0 Å². The minimum Gasteiger partial charge on any atom is -0.481 e. The first-order chi connectivity index (χ1) is 4.41. The van der Waals surface area contributed by atoms with Crippen LogP contribution in [-0.2, 0) is 14.0 Å². The van der Waals surface area contributed by atoms with Gasteiger partial charge in [0.15, 0.2) is 5.66 Å². The van der Waals surface area contributed by atoms with Crippen molar-refractivity contribution in [1.29, 1.82) is 0 Å². The lowest BCUT2D eigenvalue weighted by Gasteiger charge is -2.09. The average Bonchev–Trinajstić information content (AvgIpc) is 1.86. The second-order valence-corrected chi connectivity index (χ2v) is 3.73. The van der Waals surface area contributed by atoms with Gasteiger partial charge >= 0.3 is 13.6 Å². The van der Waals surface area contributed by atoms with Crippen molar-refractivity contribution in [3.63, 3.8) is 0 Å². The van der Waals surface area contributed by atoms with Crippen LogP contribution in [0.15, 0.2) is 0 Å². The smallest absolute Gasteiger partial charge is 0.368 e. The summed E-state index contributed by atoms with van der Waals surface area (Å²) in [6, 6.07) is 0. The predicted octanol–water partition coefficient (Wildman–Crippen LogP) is 0.134. The summed E-state index contributed by atoms with van der Waals surface area (Å²) in [7, 11) is -4.36. The van der Waals surface area contributed by atoms with E-state index in [1.165, 1.54) is 0 Å². The molecule has 0 aromatic heterocycles. The molecule has 0 aliphatic carbocycles. The zero-order valence-corrected chi connectivity index (χ0v) is 5.99. The zero-order chi connectivity index (χ0) is 8.36. The van der Waals surface area contributed by atoms with E-state index in [0.29, 0.717) is 0 Å². The molecule has 0 amide bonds. The van der Waals surface area contributed by atoms with E-state index in [9.17, 15) is 9.36 Å². The van der Waals surface area contributed by atoms with Crippen molar-refractivity contribution in [3.8, 4) is 0 Å². The highest BCUT2D eigenvalue weighted by molar-refractivity contribution is 7.54. The van der Waals surface area contributed by atoms with Crippen molar-refractivity contribution < 1.29 is 29.3 Å². The first-order valence-electron chi connectivity index (χ1n) is 2.30. The Balaban J connectivity index is 4.33. The molecule has 0 saturated heterocycles. The molecule has 0 saturated carbocycles. The molecule has 0 heterocycles. The van der Waals surface area contributed by atoms with Crippen molar-refractivity contribution in [2.24, 2.45) is 0 Å². The Kier molecular flexibility index (Phi) is 2.98. The van der Waals surface area contributed by atoms with Gasteiger partial charge in [-0.2, -0.15) is 4.67 Å². The molecule has 2 unspecified atom stereocenters. The number of carboxylic acid groups (broad SMARTS) is 1. The van der Waals surface area contributed by atoms with Crippen molar-refractivity contribution in [2.75, 3.05) is 0 Å². The molecule has 0 spiro atoms. The maximum absolute atomic E-state index is 10.4. The monoisotopic (exact) mass is 170 g/mol. The Morgan fingerprint density at radius 3 is 2.20 bits per heavy atom. The molecular weight excluding hydrogens is 163 g/mol. The maximum Gasteiger partial charge on any atom is 0.368 e.